The summed E-state index contributed by atoms with van der Waals surface area (Å²) in [6, 6.07) is 8.22. The van der Waals surface area contributed by atoms with Gasteiger partial charge in [0.2, 0.25) is 0 Å². The number of carbonyl (C=O) groups is 1. The fraction of sp³-hybridized carbons (Fsp3) is 0.471. The van der Waals surface area contributed by atoms with E-state index in [2.05, 4.69) is 24.0 Å². The van der Waals surface area contributed by atoms with E-state index in [1.54, 1.807) is 6.08 Å². The number of carbonyl (C=O) groups excluding carboxylic acids is 1. The molecule has 1 heterocycles. The molecule has 19 heavy (non-hydrogen) atoms. The number of nitrogens with zero attached hydrogens (tertiary/aromatic N) is 1. The largest absolute Gasteiger partial charge is 0.303 e. The normalized spacial score (nSPS) is 16.3. The summed E-state index contributed by atoms with van der Waals surface area (Å²) in [4.78, 5) is 14.2. The van der Waals surface area contributed by atoms with Crippen molar-refractivity contribution in [3.63, 3.8) is 0 Å². The molecule has 102 valence electrons. The first kappa shape index (κ1) is 14.0. The van der Waals surface area contributed by atoms with Crippen LogP contribution in [0.5, 0.6) is 0 Å². The summed E-state index contributed by atoms with van der Waals surface area (Å²) in [7, 11) is 0. The molecular weight excluding hydrogens is 234 g/mol. The zero-order chi connectivity index (χ0) is 13.5. The fourth-order valence-corrected chi connectivity index (χ4v) is 2.43. The van der Waals surface area contributed by atoms with Gasteiger partial charge in [0.05, 0.1) is 0 Å². The van der Waals surface area contributed by atoms with Crippen LogP contribution < -0.4 is 0 Å². The van der Waals surface area contributed by atoms with Crippen molar-refractivity contribution >= 4 is 11.9 Å². The molecule has 0 amide bonds. The quantitative estimate of drug-likeness (QED) is 0.727. The number of rotatable bonds is 6. The van der Waals surface area contributed by atoms with Gasteiger partial charge >= 0.3 is 0 Å². The number of aryl methyl sites for hydroxylation is 1. The average Bonchev–Trinajstić information content (AvgIpc) is 2.91. The van der Waals surface area contributed by atoms with E-state index in [0.29, 0.717) is 6.42 Å². The summed E-state index contributed by atoms with van der Waals surface area (Å²) in [6.07, 6.45) is 7.92. The van der Waals surface area contributed by atoms with Gasteiger partial charge in [-0.25, -0.2) is 0 Å². The topological polar surface area (TPSA) is 20.3 Å². The number of hydrogen-bond donors (Lipinski definition) is 0. The Morgan fingerprint density at radius 2 is 1.89 bits per heavy atom. The van der Waals surface area contributed by atoms with E-state index in [0.717, 1.165) is 18.5 Å². The van der Waals surface area contributed by atoms with Crippen molar-refractivity contribution in [1.29, 1.82) is 0 Å². The summed E-state index contributed by atoms with van der Waals surface area (Å²) in [6.45, 7) is 5.57. The average molecular weight is 257 g/mol. The minimum atomic E-state index is 0.236. The molecule has 2 heteroatoms. The lowest BCUT2D eigenvalue weighted by molar-refractivity contribution is -0.114. The molecule has 1 saturated heterocycles. The Labute approximate surface area is 116 Å². The van der Waals surface area contributed by atoms with Gasteiger partial charge in [0.25, 0.3) is 0 Å². The monoisotopic (exact) mass is 257 g/mol. The van der Waals surface area contributed by atoms with E-state index in [9.17, 15) is 4.79 Å². The molecule has 1 aliphatic heterocycles. The third kappa shape index (κ3) is 4.99. The standard InChI is InChI=1S/C17H23NO/c1-15-6-8-16(9-7-15)10-11-17(19)5-4-14-18-12-2-3-13-18/h6-11H,2-5,12-14H2,1H3/b11-10+. The highest BCUT2D eigenvalue weighted by molar-refractivity contribution is 5.93. The Hall–Kier alpha value is -1.41. The number of hydrogen-bond acceptors (Lipinski definition) is 2. The molecule has 0 spiro atoms. The van der Waals surface area contributed by atoms with Crippen LogP contribution in [0.15, 0.2) is 30.3 Å². The Kier molecular flexibility index (Phi) is 5.34. The third-order valence-electron chi connectivity index (χ3n) is 3.64. The molecule has 0 unspecified atom stereocenters. The van der Waals surface area contributed by atoms with Crippen LogP contribution in [0.4, 0.5) is 0 Å². The van der Waals surface area contributed by atoms with Crippen LogP contribution in [-0.4, -0.2) is 30.3 Å². The SMILES string of the molecule is Cc1ccc(/C=C/C(=O)CCCN2CCCC2)cc1. The van der Waals surface area contributed by atoms with Gasteiger partial charge in [-0.15, -0.1) is 0 Å². The Bertz CT molecular complexity index is 427. The maximum absolute atomic E-state index is 11.8. The molecule has 0 aromatic heterocycles. The summed E-state index contributed by atoms with van der Waals surface area (Å²) in [5, 5.41) is 0. The van der Waals surface area contributed by atoms with Gasteiger partial charge in [-0.05, 0) is 57.5 Å². The van der Waals surface area contributed by atoms with Crippen molar-refractivity contribution < 1.29 is 4.79 Å². The second kappa shape index (κ2) is 7.25. The van der Waals surface area contributed by atoms with Crippen molar-refractivity contribution in [3.8, 4) is 0 Å². The molecule has 1 fully saturated rings. The van der Waals surface area contributed by atoms with Crippen LogP contribution in [0.1, 0.15) is 36.8 Å². The van der Waals surface area contributed by atoms with Gasteiger partial charge in [0.1, 0.15) is 0 Å². The molecule has 2 rings (SSSR count). The lowest BCUT2D eigenvalue weighted by Gasteiger charge is -2.12. The summed E-state index contributed by atoms with van der Waals surface area (Å²) in [5.41, 5.74) is 2.34. The Morgan fingerprint density at radius 1 is 1.21 bits per heavy atom. The third-order valence-corrected chi connectivity index (χ3v) is 3.64. The number of ketones is 1. The van der Waals surface area contributed by atoms with E-state index >= 15 is 0 Å². The summed E-state index contributed by atoms with van der Waals surface area (Å²) < 4.78 is 0. The molecule has 0 atom stereocenters. The molecular formula is C17H23NO. The van der Waals surface area contributed by atoms with Gasteiger partial charge in [-0.2, -0.15) is 0 Å². The van der Waals surface area contributed by atoms with Crippen molar-refractivity contribution in [3.05, 3.63) is 41.5 Å². The van der Waals surface area contributed by atoms with Gasteiger partial charge in [0.15, 0.2) is 5.78 Å². The lowest BCUT2D eigenvalue weighted by Crippen LogP contribution is -2.20. The van der Waals surface area contributed by atoms with E-state index in [1.165, 1.54) is 31.5 Å². The highest BCUT2D eigenvalue weighted by atomic mass is 16.1. The lowest BCUT2D eigenvalue weighted by atomic mass is 10.1. The van der Waals surface area contributed by atoms with E-state index < -0.39 is 0 Å². The highest BCUT2D eigenvalue weighted by Gasteiger charge is 2.10. The van der Waals surface area contributed by atoms with Crippen LogP contribution in [0.2, 0.25) is 0 Å². The number of allylic oxidation sites excluding steroid dienone is 1. The minimum absolute atomic E-state index is 0.236. The number of likely N-dealkylation sites (tertiary alicyclic amines) is 1. The first-order chi connectivity index (χ1) is 9.24. The smallest absolute Gasteiger partial charge is 0.155 e. The van der Waals surface area contributed by atoms with E-state index in [4.69, 9.17) is 0 Å². The van der Waals surface area contributed by atoms with Crippen LogP contribution in [-0.2, 0) is 4.79 Å². The first-order valence-corrected chi connectivity index (χ1v) is 7.24. The Balaban J connectivity index is 1.69. The summed E-state index contributed by atoms with van der Waals surface area (Å²) in [5.74, 6) is 0.236. The van der Waals surface area contributed by atoms with E-state index in [1.807, 2.05) is 18.2 Å². The molecule has 1 aromatic carbocycles. The van der Waals surface area contributed by atoms with Crippen LogP contribution in [0.3, 0.4) is 0 Å². The summed E-state index contributed by atoms with van der Waals surface area (Å²) >= 11 is 0. The molecule has 1 aliphatic rings. The van der Waals surface area contributed by atoms with Crippen molar-refractivity contribution in [2.75, 3.05) is 19.6 Å². The molecule has 0 aliphatic carbocycles. The molecule has 1 aromatic rings. The van der Waals surface area contributed by atoms with Crippen molar-refractivity contribution in [1.82, 2.24) is 4.90 Å². The van der Waals surface area contributed by atoms with Crippen molar-refractivity contribution in [2.24, 2.45) is 0 Å². The minimum Gasteiger partial charge on any atom is -0.303 e. The van der Waals surface area contributed by atoms with Gasteiger partial charge in [-0.3, -0.25) is 4.79 Å². The van der Waals surface area contributed by atoms with Crippen molar-refractivity contribution in [2.45, 2.75) is 32.6 Å². The number of benzene rings is 1. The maximum atomic E-state index is 11.8. The predicted octanol–water partition coefficient (Wildman–Crippen LogP) is 3.45. The van der Waals surface area contributed by atoms with Crippen LogP contribution in [0.25, 0.3) is 6.08 Å². The fourth-order valence-electron chi connectivity index (χ4n) is 2.43. The first-order valence-electron chi connectivity index (χ1n) is 7.24. The zero-order valence-corrected chi connectivity index (χ0v) is 11.8. The molecule has 0 bridgehead atoms. The second-order valence-corrected chi connectivity index (χ2v) is 5.36. The zero-order valence-electron chi connectivity index (χ0n) is 11.8. The van der Waals surface area contributed by atoms with Crippen LogP contribution in [0, 0.1) is 6.92 Å². The predicted molar refractivity (Wildman–Crippen MR) is 80.1 cm³/mol. The molecule has 0 saturated carbocycles. The second-order valence-electron chi connectivity index (χ2n) is 5.36. The van der Waals surface area contributed by atoms with Gasteiger partial charge < -0.3 is 4.90 Å². The highest BCUT2D eigenvalue weighted by Crippen LogP contribution is 2.09. The van der Waals surface area contributed by atoms with Gasteiger partial charge in [0, 0.05) is 6.42 Å². The van der Waals surface area contributed by atoms with Crippen LogP contribution >= 0.6 is 0 Å². The van der Waals surface area contributed by atoms with Gasteiger partial charge in [-0.1, -0.05) is 35.9 Å². The molecule has 0 radical (unpaired) electrons. The maximum Gasteiger partial charge on any atom is 0.155 e. The molecule has 2 nitrogen and oxygen atoms in total. The Morgan fingerprint density at radius 3 is 2.58 bits per heavy atom. The van der Waals surface area contributed by atoms with E-state index in [-0.39, 0.29) is 5.78 Å². The molecule has 0 N–H and O–H groups in total.